The zero-order valence-corrected chi connectivity index (χ0v) is 14.8. The summed E-state index contributed by atoms with van der Waals surface area (Å²) in [4.78, 5) is 5.55. The summed E-state index contributed by atoms with van der Waals surface area (Å²) in [5.41, 5.74) is 2.64. The lowest BCUT2D eigenvalue weighted by Gasteiger charge is -2.03. The van der Waals surface area contributed by atoms with Crippen molar-refractivity contribution in [2.24, 2.45) is 4.99 Å². The van der Waals surface area contributed by atoms with Gasteiger partial charge in [-0.3, -0.25) is 0 Å². The largest absolute Gasteiger partial charge is 0.248 e. The van der Waals surface area contributed by atoms with Gasteiger partial charge in [0.2, 0.25) is 0 Å². The molecule has 0 atom stereocenters. The van der Waals surface area contributed by atoms with E-state index in [-0.39, 0.29) is 5.82 Å². The number of rotatable bonds is 5. The summed E-state index contributed by atoms with van der Waals surface area (Å²) in [5, 5.41) is 2.59. The van der Waals surface area contributed by atoms with Gasteiger partial charge in [0, 0.05) is 15.5 Å². The molecule has 0 aliphatic rings. The van der Waals surface area contributed by atoms with Gasteiger partial charge < -0.3 is 0 Å². The molecule has 124 valence electrons. The molecule has 0 radical (unpaired) electrons. The first-order chi connectivity index (χ1) is 12.2. The van der Waals surface area contributed by atoms with Crippen molar-refractivity contribution in [1.29, 1.82) is 0 Å². The number of hydrogen-bond acceptors (Lipinski definition) is 2. The first-order valence-corrected chi connectivity index (χ1v) is 8.95. The lowest BCUT2D eigenvalue weighted by atomic mass is 10.1. The zero-order valence-electron chi connectivity index (χ0n) is 13.3. The first kappa shape index (κ1) is 17.5. The van der Waals surface area contributed by atoms with Gasteiger partial charge in [-0.2, -0.15) is 0 Å². The summed E-state index contributed by atoms with van der Waals surface area (Å²) < 4.78 is 13.3. The van der Waals surface area contributed by atoms with Crippen LogP contribution in [0.25, 0.3) is 0 Å². The minimum Gasteiger partial charge on any atom is -0.248 e. The van der Waals surface area contributed by atoms with Crippen molar-refractivity contribution in [3.63, 3.8) is 0 Å². The van der Waals surface area contributed by atoms with Crippen LogP contribution in [0.5, 0.6) is 0 Å². The third-order valence-corrected chi connectivity index (χ3v) is 4.42. The highest BCUT2D eigenvalue weighted by molar-refractivity contribution is 8.02. The normalized spacial score (nSPS) is 11.8. The third-order valence-electron chi connectivity index (χ3n) is 3.37. The average molecular weight is 368 g/mol. The van der Waals surface area contributed by atoms with Gasteiger partial charge in [-0.05, 0) is 53.9 Å². The Morgan fingerprint density at radius 2 is 1.68 bits per heavy atom. The van der Waals surface area contributed by atoms with Gasteiger partial charge in [0.15, 0.2) is 0 Å². The van der Waals surface area contributed by atoms with Gasteiger partial charge in [0.05, 0.1) is 11.4 Å². The van der Waals surface area contributed by atoms with Crippen molar-refractivity contribution in [1.82, 2.24) is 0 Å². The van der Waals surface area contributed by atoms with E-state index in [4.69, 9.17) is 16.6 Å². The number of allylic oxidation sites excluding steroid dienone is 1. The highest BCUT2D eigenvalue weighted by Gasteiger charge is 2.01. The van der Waals surface area contributed by atoms with Crippen LogP contribution in [0, 0.1) is 5.82 Å². The fourth-order valence-electron chi connectivity index (χ4n) is 2.18. The Labute approximate surface area is 155 Å². The average Bonchev–Trinajstić information content (AvgIpc) is 2.63. The molecule has 0 aromatic heterocycles. The number of hydrogen-bond donors (Lipinski definition) is 0. The molecule has 0 amide bonds. The molecule has 3 aromatic rings. The molecule has 0 saturated carbocycles. The second-order valence-electron chi connectivity index (χ2n) is 5.22. The van der Waals surface area contributed by atoms with Gasteiger partial charge in [-0.15, -0.1) is 0 Å². The third kappa shape index (κ3) is 5.31. The van der Waals surface area contributed by atoms with Crippen LogP contribution in [-0.2, 0) is 0 Å². The Morgan fingerprint density at radius 3 is 2.40 bits per heavy atom. The summed E-state index contributed by atoms with van der Waals surface area (Å²) in [5.74, 6) is -0.241. The van der Waals surface area contributed by atoms with Crippen LogP contribution < -0.4 is 0 Å². The quantitative estimate of drug-likeness (QED) is 0.352. The Bertz CT molecular complexity index is 889. The van der Waals surface area contributed by atoms with Crippen molar-refractivity contribution in [3.05, 3.63) is 107 Å². The van der Waals surface area contributed by atoms with Gasteiger partial charge >= 0.3 is 0 Å². The topological polar surface area (TPSA) is 12.4 Å². The second-order valence-corrected chi connectivity index (χ2v) is 6.63. The summed E-state index contributed by atoms with van der Waals surface area (Å²) in [6, 6.07) is 23.8. The van der Waals surface area contributed by atoms with Crippen LogP contribution in [0.1, 0.15) is 5.56 Å². The number of aliphatic imine (C=N–C) groups is 1. The van der Waals surface area contributed by atoms with E-state index in [1.807, 2.05) is 72.1 Å². The predicted octanol–water partition coefficient (Wildman–Crippen LogP) is 6.91. The van der Waals surface area contributed by atoms with Crippen molar-refractivity contribution in [3.8, 4) is 0 Å². The van der Waals surface area contributed by atoms with Crippen molar-refractivity contribution < 1.29 is 4.39 Å². The second kappa shape index (κ2) is 8.65. The van der Waals surface area contributed by atoms with Gasteiger partial charge in [0.1, 0.15) is 5.82 Å². The Hall–Kier alpha value is -2.36. The van der Waals surface area contributed by atoms with Gasteiger partial charge in [-0.1, -0.05) is 59.8 Å². The first-order valence-electron chi connectivity index (χ1n) is 7.69. The molecular formula is C21H15ClFNS. The van der Waals surface area contributed by atoms with Gasteiger partial charge in [0.25, 0.3) is 0 Å². The lowest BCUT2D eigenvalue weighted by Crippen LogP contribution is -1.95. The van der Waals surface area contributed by atoms with E-state index in [0.29, 0.717) is 5.02 Å². The monoisotopic (exact) mass is 367 g/mol. The molecule has 0 fully saturated rings. The van der Waals surface area contributed by atoms with E-state index in [9.17, 15) is 4.39 Å². The molecule has 0 aliphatic heterocycles. The Kier molecular flexibility index (Phi) is 6.04. The van der Waals surface area contributed by atoms with E-state index >= 15 is 0 Å². The maximum Gasteiger partial charge on any atom is 0.124 e. The van der Waals surface area contributed by atoms with Crippen LogP contribution in [0.3, 0.4) is 0 Å². The highest BCUT2D eigenvalue weighted by Crippen LogP contribution is 2.21. The summed E-state index contributed by atoms with van der Waals surface area (Å²) in [7, 11) is 0. The number of para-hydroxylation sites is 1. The minimum absolute atomic E-state index is 0.241. The molecule has 0 saturated heterocycles. The molecule has 0 heterocycles. The molecule has 0 N–H and O–H groups in total. The van der Waals surface area contributed by atoms with E-state index < -0.39 is 0 Å². The highest BCUT2D eigenvalue weighted by atomic mass is 35.5. The van der Waals surface area contributed by atoms with E-state index in [0.717, 1.165) is 21.9 Å². The molecule has 25 heavy (non-hydrogen) atoms. The smallest absolute Gasteiger partial charge is 0.124 e. The Balaban J connectivity index is 1.87. The number of benzene rings is 3. The fraction of sp³-hybridized carbons (Fsp3) is 0. The van der Waals surface area contributed by atoms with Crippen molar-refractivity contribution >= 4 is 34.8 Å². The standard InChI is InChI=1S/C21H15ClFNS/c22-17-11-9-16(10-12-17)21(24-19-6-2-1-3-7-19)13-14-25-20-8-4-5-18(23)15-20/h1-15H/b14-13+,24-21?. The van der Waals surface area contributed by atoms with Crippen LogP contribution in [-0.4, -0.2) is 5.71 Å². The van der Waals surface area contributed by atoms with Gasteiger partial charge in [-0.25, -0.2) is 9.38 Å². The van der Waals surface area contributed by atoms with E-state index in [2.05, 4.69) is 0 Å². The minimum atomic E-state index is -0.241. The molecule has 0 unspecified atom stereocenters. The van der Waals surface area contributed by atoms with Crippen LogP contribution >= 0.6 is 23.4 Å². The number of halogens is 2. The van der Waals surface area contributed by atoms with Crippen molar-refractivity contribution in [2.45, 2.75) is 4.90 Å². The Morgan fingerprint density at radius 1 is 0.920 bits per heavy atom. The summed E-state index contributed by atoms with van der Waals surface area (Å²) in [6.07, 6.45) is 1.92. The van der Waals surface area contributed by atoms with Crippen LogP contribution in [0.4, 0.5) is 10.1 Å². The molecule has 4 heteroatoms. The summed E-state index contributed by atoms with van der Waals surface area (Å²) >= 11 is 7.42. The maximum atomic E-state index is 13.3. The maximum absolute atomic E-state index is 13.3. The number of thioether (sulfide) groups is 1. The molecule has 0 spiro atoms. The molecule has 0 bridgehead atoms. The molecular weight excluding hydrogens is 353 g/mol. The molecule has 3 rings (SSSR count). The lowest BCUT2D eigenvalue weighted by molar-refractivity contribution is 0.624. The summed E-state index contributed by atoms with van der Waals surface area (Å²) in [6.45, 7) is 0. The predicted molar refractivity (Wildman–Crippen MR) is 105 cm³/mol. The molecule has 1 nitrogen and oxygen atoms in total. The molecule has 3 aromatic carbocycles. The fourth-order valence-corrected chi connectivity index (χ4v) is 3.00. The zero-order chi connectivity index (χ0) is 17.5. The van der Waals surface area contributed by atoms with E-state index in [1.165, 1.54) is 23.9 Å². The molecule has 0 aliphatic carbocycles. The van der Waals surface area contributed by atoms with E-state index in [1.54, 1.807) is 6.07 Å². The van der Waals surface area contributed by atoms with Crippen LogP contribution in [0.2, 0.25) is 5.02 Å². The number of nitrogens with zero attached hydrogens (tertiary/aromatic N) is 1. The van der Waals surface area contributed by atoms with Crippen LogP contribution in [0.15, 0.2) is 100 Å². The SMILES string of the molecule is Fc1cccc(S/C=C/C(=Nc2ccccc2)c2ccc(Cl)cc2)c1. The van der Waals surface area contributed by atoms with Crippen molar-refractivity contribution in [2.75, 3.05) is 0 Å².